The SMILES string of the molecule is COC(=O)NC(C(=O)N1C[C@@H](C)C[C@H]1c1ncc(-c2ccc(-c3ccc4cc(-c5cnc([C@@H]6C[C@H](C)CN6C(=O)[C@@H](NC(=O)OC)C(C)C)[nH]5)ccc4c3)cc2)[nH]1)C1CCOCC1. The molecule has 5 heterocycles. The summed E-state index contributed by atoms with van der Waals surface area (Å²) in [6.45, 7) is 10.3. The Labute approximate surface area is 367 Å². The highest BCUT2D eigenvalue weighted by atomic mass is 16.5. The van der Waals surface area contributed by atoms with Crippen molar-refractivity contribution in [2.75, 3.05) is 40.5 Å². The number of benzene rings is 3. The van der Waals surface area contributed by atoms with Gasteiger partial charge in [-0.3, -0.25) is 9.59 Å². The highest BCUT2D eigenvalue weighted by molar-refractivity contribution is 5.91. The van der Waals surface area contributed by atoms with E-state index in [1.807, 2.05) is 36.0 Å². The van der Waals surface area contributed by atoms with Crippen molar-refractivity contribution in [1.82, 2.24) is 40.4 Å². The molecule has 15 heteroatoms. The number of nitrogens with zero attached hydrogens (tertiary/aromatic N) is 4. The highest BCUT2D eigenvalue weighted by Crippen LogP contribution is 2.38. The van der Waals surface area contributed by atoms with Crippen LogP contribution in [-0.4, -0.2) is 106 Å². The van der Waals surface area contributed by atoms with Crippen LogP contribution in [0.4, 0.5) is 9.59 Å². The molecule has 0 bridgehead atoms. The Morgan fingerprint density at radius 2 is 1.17 bits per heavy atom. The maximum Gasteiger partial charge on any atom is 0.407 e. The van der Waals surface area contributed by atoms with E-state index in [1.165, 1.54) is 14.2 Å². The summed E-state index contributed by atoms with van der Waals surface area (Å²) in [5.74, 6) is 1.59. The number of imidazole rings is 2. The molecule has 0 radical (unpaired) electrons. The molecule has 8 rings (SSSR count). The van der Waals surface area contributed by atoms with Crippen LogP contribution in [0.3, 0.4) is 0 Å². The summed E-state index contributed by atoms with van der Waals surface area (Å²) in [5, 5.41) is 7.74. The van der Waals surface area contributed by atoms with Crippen LogP contribution in [0.25, 0.3) is 44.4 Å². The van der Waals surface area contributed by atoms with Gasteiger partial charge in [0.05, 0.1) is 50.1 Å². The first-order valence-corrected chi connectivity index (χ1v) is 22.0. The minimum atomic E-state index is -0.702. The smallest absolute Gasteiger partial charge is 0.407 e. The fourth-order valence-corrected chi connectivity index (χ4v) is 9.51. The summed E-state index contributed by atoms with van der Waals surface area (Å²) in [7, 11) is 2.61. The fraction of sp³-hybridized carbons (Fsp3) is 0.458. The van der Waals surface area contributed by atoms with Crippen molar-refractivity contribution in [3.8, 4) is 33.6 Å². The minimum Gasteiger partial charge on any atom is -0.453 e. The summed E-state index contributed by atoms with van der Waals surface area (Å²) in [4.78, 5) is 72.5. The number of aromatic nitrogens is 4. The number of hydrogen-bond acceptors (Lipinski definition) is 9. The Bertz CT molecular complexity index is 2440. The lowest BCUT2D eigenvalue weighted by atomic mass is 9.90. The Morgan fingerprint density at radius 1 is 0.683 bits per heavy atom. The fourth-order valence-electron chi connectivity index (χ4n) is 9.51. The van der Waals surface area contributed by atoms with Crippen LogP contribution in [0.1, 0.15) is 77.1 Å². The monoisotopic (exact) mass is 858 g/mol. The number of hydrogen-bond donors (Lipinski definition) is 4. The van der Waals surface area contributed by atoms with Gasteiger partial charge in [-0.25, -0.2) is 19.6 Å². The maximum atomic E-state index is 14.1. The maximum absolute atomic E-state index is 14.1. The Balaban J connectivity index is 0.949. The minimum absolute atomic E-state index is 0.0362. The van der Waals surface area contributed by atoms with E-state index in [2.05, 4.69) is 95.1 Å². The summed E-state index contributed by atoms with van der Waals surface area (Å²) in [5.41, 5.74) is 5.87. The van der Waals surface area contributed by atoms with Crippen LogP contribution in [0.15, 0.2) is 73.1 Å². The van der Waals surface area contributed by atoms with Gasteiger partial charge in [-0.15, -0.1) is 0 Å². The number of aromatic amines is 2. The Morgan fingerprint density at radius 3 is 1.75 bits per heavy atom. The lowest BCUT2D eigenvalue weighted by molar-refractivity contribution is -0.137. The second kappa shape index (κ2) is 18.6. The van der Waals surface area contributed by atoms with Crippen LogP contribution in [0, 0.1) is 23.7 Å². The molecule has 0 saturated carbocycles. The number of ether oxygens (including phenoxy) is 3. The standard InChI is InChI=1S/C48H58N8O7/c1-27(2)41(53-47(59)61-5)45(57)55-25-28(3)19-39(55)44-50-24-38(52-44)36-14-13-34-21-33(11-12-35(34)22-36)30-7-9-31(10-8-30)37-23-49-43(51-37)40-20-29(4)26-56(40)46(58)42(54-48(60)62-6)32-15-17-63-18-16-32/h7-14,21-24,27-29,32,39-42H,15-20,25-26H2,1-6H3,(H,49,51)(H,50,52)(H,53,59)(H,54,60)/t28-,29-,39-,40-,41-,42?/m0/s1. The van der Waals surface area contributed by atoms with Gasteiger partial charge >= 0.3 is 12.2 Å². The average molecular weight is 859 g/mol. The van der Waals surface area contributed by atoms with Gasteiger partial charge in [-0.1, -0.05) is 76.2 Å². The summed E-state index contributed by atoms with van der Waals surface area (Å²) >= 11 is 0. The molecule has 332 valence electrons. The lowest BCUT2D eigenvalue weighted by Crippen LogP contribution is -2.53. The van der Waals surface area contributed by atoms with Gasteiger partial charge in [0.25, 0.3) is 0 Å². The number of carbonyl (C=O) groups is 4. The van der Waals surface area contributed by atoms with E-state index >= 15 is 0 Å². The number of H-pyrrole nitrogens is 2. The summed E-state index contributed by atoms with van der Waals surface area (Å²) < 4.78 is 15.2. The molecule has 3 fully saturated rings. The number of carbonyl (C=O) groups excluding carboxylic acids is 4. The van der Waals surface area contributed by atoms with Crippen molar-refractivity contribution in [3.63, 3.8) is 0 Å². The normalized spacial score (nSPS) is 21.4. The summed E-state index contributed by atoms with van der Waals surface area (Å²) in [6.07, 6.45) is 5.32. The quantitative estimate of drug-likeness (QED) is 0.104. The van der Waals surface area contributed by atoms with Gasteiger partial charge in [0.2, 0.25) is 11.8 Å². The van der Waals surface area contributed by atoms with Gasteiger partial charge in [0.15, 0.2) is 0 Å². The van der Waals surface area contributed by atoms with Gasteiger partial charge in [0, 0.05) is 31.9 Å². The van der Waals surface area contributed by atoms with Crippen molar-refractivity contribution in [2.24, 2.45) is 23.7 Å². The molecule has 2 aromatic heterocycles. The molecule has 0 spiro atoms. The molecule has 5 aromatic rings. The largest absolute Gasteiger partial charge is 0.453 e. The molecule has 4 N–H and O–H groups in total. The van der Waals surface area contributed by atoms with Crippen molar-refractivity contribution in [1.29, 1.82) is 0 Å². The highest BCUT2D eigenvalue weighted by Gasteiger charge is 2.43. The number of rotatable bonds is 11. The average Bonchev–Trinajstić information content (AvgIpc) is 4.14. The first-order valence-electron chi connectivity index (χ1n) is 22.0. The van der Waals surface area contributed by atoms with E-state index in [9.17, 15) is 19.2 Å². The van der Waals surface area contributed by atoms with E-state index in [0.29, 0.717) is 39.1 Å². The Kier molecular flexibility index (Phi) is 12.8. The molecule has 0 aliphatic carbocycles. The lowest BCUT2D eigenvalue weighted by Gasteiger charge is -2.34. The van der Waals surface area contributed by atoms with Crippen LogP contribution in [0.2, 0.25) is 0 Å². The van der Waals surface area contributed by atoms with Crippen molar-refractivity contribution in [3.05, 3.63) is 84.7 Å². The third kappa shape index (κ3) is 9.29. The number of nitrogens with one attached hydrogen (secondary N) is 4. The number of fused-ring (bicyclic) bond motifs is 1. The van der Waals surface area contributed by atoms with E-state index in [0.717, 1.165) is 68.9 Å². The molecule has 3 aliphatic rings. The molecule has 1 unspecified atom stereocenters. The number of likely N-dealkylation sites (tertiary alicyclic amines) is 2. The zero-order valence-electron chi connectivity index (χ0n) is 36.9. The molecule has 63 heavy (non-hydrogen) atoms. The zero-order valence-corrected chi connectivity index (χ0v) is 36.9. The van der Waals surface area contributed by atoms with Crippen LogP contribution in [-0.2, 0) is 23.8 Å². The van der Waals surface area contributed by atoms with Gasteiger partial charge in [-0.05, 0) is 89.0 Å². The topological polar surface area (TPSA) is 184 Å². The van der Waals surface area contributed by atoms with Crippen LogP contribution >= 0.6 is 0 Å². The molecular weight excluding hydrogens is 801 g/mol. The molecule has 6 atom stereocenters. The van der Waals surface area contributed by atoms with Crippen LogP contribution in [0.5, 0.6) is 0 Å². The number of alkyl carbamates (subject to hydrolysis) is 2. The van der Waals surface area contributed by atoms with Gasteiger partial charge in [-0.2, -0.15) is 0 Å². The number of amides is 4. The predicted octanol–water partition coefficient (Wildman–Crippen LogP) is 7.64. The van der Waals surface area contributed by atoms with Crippen molar-refractivity contribution < 1.29 is 33.4 Å². The molecule has 15 nitrogen and oxygen atoms in total. The first-order chi connectivity index (χ1) is 30.4. The molecule has 3 saturated heterocycles. The second-order valence-electron chi connectivity index (χ2n) is 17.8. The third-order valence-electron chi connectivity index (χ3n) is 12.9. The first kappa shape index (κ1) is 43.4. The van der Waals surface area contributed by atoms with Crippen LogP contribution < -0.4 is 10.6 Å². The van der Waals surface area contributed by atoms with E-state index in [1.54, 1.807) is 0 Å². The molecule has 3 aliphatic heterocycles. The van der Waals surface area contributed by atoms with E-state index in [4.69, 9.17) is 24.2 Å². The van der Waals surface area contributed by atoms with Gasteiger partial charge < -0.3 is 44.6 Å². The second-order valence-corrected chi connectivity index (χ2v) is 17.8. The molecule has 4 amide bonds. The van der Waals surface area contributed by atoms with E-state index < -0.39 is 24.3 Å². The number of methoxy groups -OCH3 is 2. The van der Waals surface area contributed by atoms with E-state index in [-0.39, 0.29) is 47.6 Å². The zero-order chi connectivity index (χ0) is 44.4. The summed E-state index contributed by atoms with van der Waals surface area (Å²) in [6, 6.07) is 19.3. The molecular formula is C48H58N8O7. The van der Waals surface area contributed by atoms with Crippen molar-refractivity contribution in [2.45, 2.75) is 77.5 Å². The third-order valence-corrected chi connectivity index (χ3v) is 12.9. The predicted molar refractivity (Wildman–Crippen MR) is 238 cm³/mol. The van der Waals surface area contributed by atoms with Crippen molar-refractivity contribution >= 4 is 34.8 Å². The Hall–Kier alpha value is -6.22. The molecule has 3 aromatic carbocycles. The van der Waals surface area contributed by atoms with Gasteiger partial charge in [0.1, 0.15) is 23.7 Å².